The minimum Gasteiger partial charge on any atom is -0.444 e. The molecule has 0 saturated heterocycles. The van der Waals surface area contributed by atoms with Crippen molar-refractivity contribution in [2.24, 2.45) is 0 Å². The topological polar surface area (TPSA) is 111 Å². The standard InChI is InChI=1S/C17H35NO7S/c1-4-6-8-12-24-17(3,25-13-9-7-5-2)15-23-16(19)18-11-10-14-26(20,21)22/h4-15H2,1-3H3,(H,18,19)(H,20,21,22). The smallest absolute Gasteiger partial charge is 0.407 e. The van der Waals surface area contributed by atoms with Crippen LogP contribution in [0.4, 0.5) is 4.79 Å². The molecule has 0 aromatic rings. The van der Waals surface area contributed by atoms with Gasteiger partial charge in [0.1, 0.15) is 6.61 Å². The first-order valence-electron chi connectivity index (χ1n) is 9.36. The van der Waals surface area contributed by atoms with Gasteiger partial charge >= 0.3 is 6.09 Å². The number of unbranched alkanes of at least 4 members (excludes halogenated alkanes) is 4. The molecule has 8 nitrogen and oxygen atoms in total. The number of hydrogen-bond acceptors (Lipinski definition) is 6. The Labute approximate surface area is 157 Å². The molecule has 0 heterocycles. The highest BCUT2D eigenvalue weighted by atomic mass is 32.2. The number of rotatable bonds is 16. The van der Waals surface area contributed by atoms with Gasteiger partial charge < -0.3 is 19.5 Å². The third kappa shape index (κ3) is 15.4. The number of carbonyl (C=O) groups is 1. The van der Waals surface area contributed by atoms with Gasteiger partial charge in [-0.3, -0.25) is 4.55 Å². The van der Waals surface area contributed by atoms with Crippen molar-refractivity contribution in [2.45, 2.75) is 71.5 Å². The third-order valence-electron chi connectivity index (χ3n) is 3.62. The quantitative estimate of drug-likeness (QED) is 0.234. The fourth-order valence-corrected chi connectivity index (χ4v) is 2.61. The van der Waals surface area contributed by atoms with E-state index < -0.39 is 27.8 Å². The lowest BCUT2D eigenvalue weighted by Gasteiger charge is -2.29. The van der Waals surface area contributed by atoms with Crippen LogP contribution in [0, 0.1) is 0 Å². The minimum absolute atomic E-state index is 0.0601. The van der Waals surface area contributed by atoms with Gasteiger partial charge in [-0.2, -0.15) is 8.42 Å². The number of nitrogens with one attached hydrogen (secondary N) is 1. The summed E-state index contributed by atoms with van der Waals surface area (Å²) in [5.41, 5.74) is 0. The summed E-state index contributed by atoms with van der Waals surface area (Å²) in [6.45, 7) is 7.04. The highest BCUT2D eigenvalue weighted by Crippen LogP contribution is 2.16. The van der Waals surface area contributed by atoms with Crippen LogP contribution < -0.4 is 5.32 Å². The van der Waals surface area contributed by atoms with Crippen molar-refractivity contribution >= 4 is 16.2 Å². The van der Waals surface area contributed by atoms with Crippen LogP contribution in [0.1, 0.15) is 65.7 Å². The van der Waals surface area contributed by atoms with Gasteiger partial charge in [-0.15, -0.1) is 0 Å². The zero-order chi connectivity index (χ0) is 19.9. The monoisotopic (exact) mass is 397 g/mol. The van der Waals surface area contributed by atoms with Crippen molar-refractivity contribution < 1.29 is 32.0 Å². The van der Waals surface area contributed by atoms with Gasteiger partial charge in [0, 0.05) is 6.54 Å². The van der Waals surface area contributed by atoms with E-state index in [1.54, 1.807) is 6.92 Å². The fourth-order valence-electron chi connectivity index (χ4n) is 2.10. The molecular formula is C17H35NO7S. The lowest BCUT2D eigenvalue weighted by atomic mass is 10.2. The van der Waals surface area contributed by atoms with Gasteiger partial charge in [0.15, 0.2) is 5.79 Å². The summed E-state index contributed by atoms with van der Waals surface area (Å²) < 4.78 is 46.6. The largest absolute Gasteiger partial charge is 0.444 e. The number of carbonyl (C=O) groups excluding carboxylic acids is 1. The Kier molecular flexibility index (Phi) is 13.7. The van der Waals surface area contributed by atoms with Crippen molar-refractivity contribution in [3.05, 3.63) is 0 Å². The lowest BCUT2D eigenvalue weighted by molar-refractivity contribution is -0.243. The maximum Gasteiger partial charge on any atom is 0.407 e. The number of hydrogen-bond donors (Lipinski definition) is 2. The molecule has 0 radical (unpaired) electrons. The van der Waals surface area contributed by atoms with E-state index in [4.69, 9.17) is 18.8 Å². The Balaban J connectivity index is 4.25. The second-order valence-corrected chi connectivity index (χ2v) is 7.96. The summed E-state index contributed by atoms with van der Waals surface area (Å²) in [6.07, 6.45) is 5.52. The summed E-state index contributed by atoms with van der Waals surface area (Å²) in [4.78, 5) is 11.7. The third-order valence-corrected chi connectivity index (χ3v) is 4.43. The first-order chi connectivity index (χ1) is 12.2. The van der Waals surface area contributed by atoms with Crippen LogP contribution in [0.25, 0.3) is 0 Å². The molecule has 0 unspecified atom stereocenters. The molecule has 9 heteroatoms. The summed E-state index contributed by atoms with van der Waals surface area (Å²) >= 11 is 0. The molecule has 0 spiro atoms. The van der Waals surface area contributed by atoms with E-state index in [0.717, 1.165) is 38.5 Å². The van der Waals surface area contributed by atoms with E-state index in [9.17, 15) is 13.2 Å². The molecule has 0 aromatic carbocycles. The first-order valence-corrected chi connectivity index (χ1v) is 11.0. The normalized spacial score (nSPS) is 12.2. The molecule has 2 N–H and O–H groups in total. The van der Waals surface area contributed by atoms with E-state index >= 15 is 0 Å². The molecule has 0 saturated carbocycles. The van der Waals surface area contributed by atoms with Gasteiger partial charge in [0.25, 0.3) is 10.1 Å². The van der Waals surface area contributed by atoms with Gasteiger partial charge in [-0.1, -0.05) is 39.5 Å². The molecule has 156 valence electrons. The van der Waals surface area contributed by atoms with Crippen molar-refractivity contribution in [3.63, 3.8) is 0 Å². The van der Waals surface area contributed by atoms with Crippen molar-refractivity contribution in [3.8, 4) is 0 Å². The van der Waals surface area contributed by atoms with Gasteiger partial charge in [-0.05, 0) is 26.2 Å². The Morgan fingerprint density at radius 1 is 1.00 bits per heavy atom. The van der Waals surface area contributed by atoms with Crippen molar-refractivity contribution in [1.82, 2.24) is 5.32 Å². The molecule has 26 heavy (non-hydrogen) atoms. The zero-order valence-electron chi connectivity index (χ0n) is 16.3. The Morgan fingerprint density at radius 2 is 1.54 bits per heavy atom. The van der Waals surface area contributed by atoms with Gasteiger partial charge in [0.05, 0.1) is 19.0 Å². The number of alkyl carbamates (subject to hydrolysis) is 1. The summed E-state index contributed by atoms with van der Waals surface area (Å²) in [7, 11) is -4.02. The molecule has 0 aromatic heterocycles. The molecule has 0 fully saturated rings. The van der Waals surface area contributed by atoms with E-state index in [2.05, 4.69) is 19.2 Å². The Hall–Kier alpha value is -0.900. The molecule has 0 rings (SSSR count). The van der Waals surface area contributed by atoms with Crippen LogP contribution in [0.3, 0.4) is 0 Å². The van der Waals surface area contributed by atoms with Crippen LogP contribution in [-0.4, -0.2) is 57.0 Å². The maximum absolute atomic E-state index is 11.7. The SMILES string of the molecule is CCCCCOC(C)(COC(=O)NCCCS(=O)(=O)O)OCCCCC. The average Bonchev–Trinajstić information content (AvgIpc) is 2.57. The first kappa shape index (κ1) is 25.1. The molecular weight excluding hydrogens is 362 g/mol. The molecule has 0 atom stereocenters. The zero-order valence-corrected chi connectivity index (χ0v) is 17.1. The average molecular weight is 398 g/mol. The fraction of sp³-hybridized carbons (Fsp3) is 0.941. The van der Waals surface area contributed by atoms with E-state index in [1.165, 1.54) is 0 Å². The highest BCUT2D eigenvalue weighted by Gasteiger charge is 2.28. The lowest BCUT2D eigenvalue weighted by Crippen LogP contribution is -2.41. The Bertz CT molecular complexity index is 456. The minimum atomic E-state index is -4.02. The second-order valence-electron chi connectivity index (χ2n) is 6.39. The van der Waals surface area contributed by atoms with Gasteiger partial charge in [0.2, 0.25) is 0 Å². The molecule has 0 aliphatic carbocycles. The van der Waals surface area contributed by atoms with Crippen LogP contribution in [-0.2, 0) is 24.3 Å². The van der Waals surface area contributed by atoms with Crippen LogP contribution in [0.2, 0.25) is 0 Å². The molecule has 0 aliphatic rings. The summed E-state index contributed by atoms with van der Waals surface area (Å²) in [6, 6.07) is 0. The molecule has 0 aliphatic heterocycles. The summed E-state index contributed by atoms with van der Waals surface area (Å²) in [5, 5.41) is 2.43. The van der Waals surface area contributed by atoms with Gasteiger partial charge in [-0.25, -0.2) is 4.79 Å². The van der Waals surface area contributed by atoms with Crippen LogP contribution in [0.15, 0.2) is 0 Å². The predicted octanol–water partition coefficient (Wildman–Crippen LogP) is 3.12. The van der Waals surface area contributed by atoms with Crippen LogP contribution in [0.5, 0.6) is 0 Å². The molecule has 0 bridgehead atoms. The Morgan fingerprint density at radius 3 is 2.00 bits per heavy atom. The predicted molar refractivity (Wildman–Crippen MR) is 99.7 cm³/mol. The van der Waals surface area contributed by atoms with E-state index in [-0.39, 0.29) is 19.6 Å². The second kappa shape index (κ2) is 14.2. The highest BCUT2D eigenvalue weighted by molar-refractivity contribution is 7.85. The van der Waals surface area contributed by atoms with Crippen molar-refractivity contribution in [2.75, 3.05) is 32.1 Å². The molecule has 1 amide bonds. The summed E-state index contributed by atoms with van der Waals surface area (Å²) in [5.74, 6) is -1.42. The van der Waals surface area contributed by atoms with E-state index in [1.807, 2.05) is 0 Å². The number of ether oxygens (including phenoxy) is 3. The van der Waals surface area contributed by atoms with Crippen molar-refractivity contribution in [1.29, 1.82) is 0 Å². The van der Waals surface area contributed by atoms with E-state index in [0.29, 0.717) is 13.2 Å². The maximum atomic E-state index is 11.7. The van der Waals surface area contributed by atoms with Crippen LogP contribution >= 0.6 is 0 Å². The number of amides is 1.